The molecule has 29 heavy (non-hydrogen) atoms. The Kier molecular flexibility index (Phi) is 8.11. The van der Waals surface area contributed by atoms with Crippen molar-refractivity contribution in [3.63, 3.8) is 0 Å². The molecule has 0 fully saturated rings. The topological polar surface area (TPSA) is 18.5 Å². The third-order valence-electron chi connectivity index (χ3n) is 4.89. The van der Waals surface area contributed by atoms with Crippen molar-refractivity contribution in [1.29, 1.82) is 0 Å². The third kappa shape index (κ3) is 4.59. The van der Waals surface area contributed by atoms with Crippen molar-refractivity contribution >= 4 is 0 Å². The molecule has 0 saturated heterocycles. The van der Waals surface area contributed by atoms with E-state index in [1.165, 1.54) is 0 Å². The van der Waals surface area contributed by atoms with E-state index in [0.29, 0.717) is 14.0 Å². The summed E-state index contributed by atoms with van der Waals surface area (Å²) >= 11 is 0. The first-order valence-corrected chi connectivity index (χ1v) is 8.41. The molecule has 0 aromatic heterocycles. The molecule has 0 spiro atoms. The van der Waals surface area contributed by atoms with Gasteiger partial charge in [0.1, 0.15) is 5.60 Å². The van der Waals surface area contributed by atoms with Crippen LogP contribution >= 0.6 is 0 Å². The maximum atomic E-state index is 14.8. The quantitative estimate of drug-likeness (QED) is 0.351. The number of ether oxygens (including phenoxy) is 2. The second-order valence-electron chi connectivity index (χ2n) is 7.04. The highest BCUT2D eigenvalue weighted by atomic mass is 19.4. The molecule has 0 bridgehead atoms. The summed E-state index contributed by atoms with van der Waals surface area (Å²) in [5.41, 5.74) is -18.9. The van der Waals surface area contributed by atoms with E-state index >= 15 is 0 Å². The Morgan fingerprint density at radius 3 is 1.45 bits per heavy atom. The summed E-state index contributed by atoms with van der Waals surface area (Å²) in [5, 5.41) is 0. The second kappa shape index (κ2) is 8.35. The minimum atomic E-state index is -6.61. The first kappa shape index (κ1) is 28.1. The van der Waals surface area contributed by atoms with Gasteiger partial charge in [0.05, 0.1) is 6.61 Å². The summed E-state index contributed by atoms with van der Waals surface area (Å²) in [5.74, 6) is 0. The summed E-state index contributed by atoms with van der Waals surface area (Å²) in [6, 6.07) is 0. The van der Waals surface area contributed by atoms with Crippen molar-refractivity contribution in [1.82, 2.24) is 0 Å². The van der Waals surface area contributed by atoms with Crippen molar-refractivity contribution in [2.45, 2.75) is 88.0 Å². The summed E-state index contributed by atoms with van der Waals surface area (Å²) < 4.78 is 160. The SMILES string of the molecule is CCCC(C)(F)C(F)(C(F)(F)F)C(F)(F)OC(C)(CC)C(F)(COC)C(F)(F)F. The molecule has 13 heteroatoms. The molecule has 0 aliphatic heterocycles. The zero-order valence-electron chi connectivity index (χ0n) is 16.3. The maximum Gasteiger partial charge on any atom is 0.434 e. The molecule has 0 radical (unpaired) electrons. The van der Waals surface area contributed by atoms with Crippen LogP contribution in [0.15, 0.2) is 0 Å². The van der Waals surface area contributed by atoms with E-state index in [0.717, 1.165) is 6.92 Å². The summed E-state index contributed by atoms with van der Waals surface area (Å²) in [6.45, 7) is -0.214. The van der Waals surface area contributed by atoms with Crippen LogP contribution in [0, 0.1) is 0 Å². The lowest BCUT2D eigenvalue weighted by Crippen LogP contribution is -2.71. The Bertz CT molecular complexity index is 546. The number of rotatable bonds is 10. The average molecular weight is 456 g/mol. The van der Waals surface area contributed by atoms with Crippen molar-refractivity contribution in [3.8, 4) is 0 Å². The van der Waals surface area contributed by atoms with Gasteiger partial charge in [-0.3, -0.25) is 0 Å². The van der Waals surface area contributed by atoms with Crippen molar-refractivity contribution in [3.05, 3.63) is 0 Å². The van der Waals surface area contributed by atoms with Gasteiger partial charge in [0, 0.05) is 7.11 Å². The fourth-order valence-corrected chi connectivity index (χ4v) is 2.93. The van der Waals surface area contributed by atoms with Gasteiger partial charge in [-0.1, -0.05) is 20.3 Å². The molecule has 0 aromatic carbocycles. The Balaban J connectivity index is 6.66. The lowest BCUT2D eigenvalue weighted by atomic mass is 9.80. The first-order valence-electron chi connectivity index (χ1n) is 8.41. The Labute approximate surface area is 160 Å². The molecule has 2 nitrogen and oxygen atoms in total. The average Bonchev–Trinajstić information content (AvgIpc) is 2.50. The molecule has 0 N–H and O–H groups in total. The van der Waals surface area contributed by atoms with Crippen LogP contribution in [0.1, 0.15) is 47.0 Å². The van der Waals surface area contributed by atoms with Gasteiger partial charge in [-0.25, -0.2) is 13.2 Å². The van der Waals surface area contributed by atoms with Crippen LogP contribution < -0.4 is 0 Å². The molecule has 4 unspecified atom stereocenters. The fraction of sp³-hybridized carbons (Fsp3) is 1.00. The minimum Gasteiger partial charge on any atom is -0.381 e. The number of hydrogen-bond donors (Lipinski definition) is 0. The van der Waals surface area contributed by atoms with Gasteiger partial charge >= 0.3 is 24.1 Å². The van der Waals surface area contributed by atoms with E-state index in [1.54, 1.807) is 0 Å². The third-order valence-corrected chi connectivity index (χ3v) is 4.89. The summed E-state index contributed by atoms with van der Waals surface area (Å²) in [6.07, 6.45) is -22.0. The van der Waals surface area contributed by atoms with Gasteiger partial charge in [-0.2, -0.15) is 35.1 Å². The minimum absolute atomic E-state index is 0.0829. The van der Waals surface area contributed by atoms with E-state index in [4.69, 9.17) is 0 Å². The van der Waals surface area contributed by atoms with Crippen LogP contribution in [0.5, 0.6) is 0 Å². The predicted octanol–water partition coefficient (Wildman–Crippen LogP) is 6.48. The molecular formula is C16H23F11O2. The van der Waals surface area contributed by atoms with Gasteiger partial charge in [0.2, 0.25) is 0 Å². The van der Waals surface area contributed by atoms with Gasteiger partial charge in [-0.15, -0.1) is 0 Å². The van der Waals surface area contributed by atoms with Crippen LogP contribution in [-0.4, -0.2) is 54.8 Å². The van der Waals surface area contributed by atoms with Gasteiger partial charge < -0.3 is 9.47 Å². The molecule has 4 atom stereocenters. The molecule has 0 saturated carbocycles. The van der Waals surface area contributed by atoms with Crippen molar-refractivity contribution < 1.29 is 57.8 Å². The van der Waals surface area contributed by atoms with E-state index in [9.17, 15) is 48.3 Å². The van der Waals surface area contributed by atoms with Gasteiger partial charge in [0.15, 0.2) is 5.67 Å². The lowest BCUT2D eigenvalue weighted by Gasteiger charge is -2.48. The second-order valence-corrected chi connectivity index (χ2v) is 7.04. The smallest absolute Gasteiger partial charge is 0.381 e. The molecule has 0 amide bonds. The number of methoxy groups -OCH3 is 1. The largest absolute Gasteiger partial charge is 0.434 e. The number of alkyl halides is 11. The molecular weight excluding hydrogens is 433 g/mol. The Morgan fingerprint density at radius 1 is 0.724 bits per heavy atom. The normalized spacial score (nSPS) is 22.3. The predicted molar refractivity (Wildman–Crippen MR) is 80.8 cm³/mol. The summed E-state index contributed by atoms with van der Waals surface area (Å²) in [4.78, 5) is 0. The molecule has 0 aromatic rings. The molecule has 0 aliphatic carbocycles. The zero-order chi connectivity index (χ0) is 23.7. The zero-order valence-corrected chi connectivity index (χ0v) is 16.3. The maximum absolute atomic E-state index is 14.8. The van der Waals surface area contributed by atoms with E-state index in [-0.39, 0.29) is 13.8 Å². The van der Waals surface area contributed by atoms with Crippen molar-refractivity contribution in [2.24, 2.45) is 0 Å². The molecule has 0 rings (SSSR count). The van der Waals surface area contributed by atoms with Crippen LogP contribution in [-0.2, 0) is 9.47 Å². The van der Waals surface area contributed by atoms with Crippen LogP contribution in [0.25, 0.3) is 0 Å². The Hall–Kier alpha value is -0.850. The van der Waals surface area contributed by atoms with E-state index in [2.05, 4.69) is 9.47 Å². The van der Waals surface area contributed by atoms with Crippen molar-refractivity contribution in [2.75, 3.05) is 13.7 Å². The molecule has 0 heterocycles. The number of hydrogen-bond acceptors (Lipinski definition) is 2. The highest BCUT2D eigenvalue weighted by molar-refractivity contribution is 5.11. The monoisotopic (exact) mass is 456 g/mol. The highest BCUT2D eigenvalue weighted by Gasteiger charge is 2.83. The van der Waals surface area contributed by atoms with E-state index < -0.39 is 66.9 Å². The molecule has 176 valence electrons. The van der Waals surface area contributed by atoms with Crippen LogP contribution in [0.4, 0.5) is 48.3 Å². The van der Waals surface area contributed by atoms with Gasteiger partial charge in [-0.05, 0) is 26.7 Å². The first-order chi connectivity index (χ1) is 12.6. The number of halogens is 11. The lowest BCUT2D eigenvalue weighted by molar-refractivity contribution is -0.447. The van der Waals surface area contributed by atoms with E-state index in [1.807, 2.05) is 0 Å². The Morgan fingerprint density at radius 2 is 1.17 bits per heavy atom. The van der Waals surface area contributed by atoms with Gasteiger partial charge in [0.25, 0.3) is 5.67 Å². The molecule has 0 aliphatic rings. The highest BCUT2D eigenvalue weighted by Crippen LogP contribution is 2.58. The van der Waals surface area contributed by atoms with Crippen LogP contribution in [0.2, 0.25) is 0 Å². The standard InChI is InChI=1S/C16H23F11O2/c1-6-8-10(3,17)13(19,15(23,24)25)16(26,27)29-11(4,7-2)12(18,9-28-5)14(20,21)22/h6-9H2,1-5H3. The fourth-order valence-electron chi connectivity index (χ4n) is 2.93. The summed E-state index contributed by atoms with van der Waals surface area (Å²) in [7, 11) is 0.573. The van der Waals surface area contributed by atoms with Crippen LogP contribution in [0.3, 0.4) is 0 Å².